The Bertz CT molecular complexity index is 1110. The van der Waals surface area contributed by atoms with Crippen molar-refractivity contribution in [1.29, 1.82) is 0 Å². The molecule has 1 aliphatic rings. The average Bonchev–Trinajstić information content (AvgIpc) is 3.24. The number of nitrogens with zero attached hydrogens (tertiary/aromatic N) is 3. The molecule has 0 spiro atoms. The number of benzene rings is 1. The first-order chi connectivity index (χ1) is 13.5. The Morgan fingerprint density at radius 1 is 1.18 bits per heavy atom. The van der Waals surface area contributed by atoms with Crippen molar-refractivity contribution in [3.05, 3.63) is 88.3 Å². The minimum absolute atomic E-state index is 0.0229. The van der Waals surface area contributed by atoms with Crippen LogP contribution in [0.1, 0.15) is 27.9 Å². The smallest absolute Gasteiger partial charge is 0.296 e. The summed E-state index contributed by atoms with van der Waals surface area (Å²) in [6.45, 7) is 1.70. The Balaban J connectivity index is 1.89. The van der Waals surface area contributed by atoms with E-state index in [-0.39, 0.29) is 17.3 Å². The quantitative estimate of drug-likeness (QED) is 0.674. The third-order valence-electron chi connectivity index (χ3n) is 4.35. The number of ketones is 1. The van der Waals surface area contributed by atoms with Crippen LogP contribution in [-0.2, 0) is 4.79 Å². The molecule has 0 saturated heterocycles. The van der Waals surface area contributed by atoms with Gasteiger partial charge in [-0.1, -0.05) is 23.7 Å². The lowest BCUT2D eigenvalue weighted by atomic mass is 9.95. The molecule has 1 N–H and O–H groups in total. The van der Waals surface area contributed by atoms with Gasteiger partial charge in [-0.3, -0.25) is 14.5 Å². The largest absolute Gasteiger partial charge is 0.503 e. The number of hydrogen-bond acceptors (Lipinski definition) is 6. The molecule has 1 aliphatic heterocycles. The van der Waals surface area contributed by atoms with E-state index in [4.69, 9.17) is 16.0 Å². The highest BCUT2D eigenvalue weighted by molar-refractivity contribution is 6.30. The topological polar surface area (TPSA) is 96.5 Å². The molecule has 4 rings (SSSR count). The summed E-state index contributed by atoms with van der Waals surface area (Å²) < 4.78 is 5.41. The SMILES string of the molecule is Cc1ccc(C(=O)C2=C(O)C(=O)N(c3ncccn3)[C@@H]2c2cccc(Cl)c2)o1. The number of rotatable bonds is 4. The molecule has 8 heteroatoms. The molecule has 1 aromatic carbocycles. The van der Waals surface area contributed by atoms with Gasteiger partial charge in [0.05, 0.1) is 11.6 Å². The van der Waals surface area contributed by atoms with E-state index in [1.54, 1.807) is 43.3 Å². The second kappa shape index (κ2) is 6.94. The Labute approximate surface area is 164 Å². The summed E-state index contributed by atoms with van der Waals surface area (Å²) >= 11 is 6.12. The average molecular weight is 396 g/mol. The molecule has 0 aliphatic carbocycles. The van der Waals surface area contributed by atoms with Crippen molar-refractivity contribution >= 4 is 29.2 Å². The molecule has 3 aromatic rings. The predicted octanol–water partition coefficient (Wildman–Crippen LogP) is 3.81. The van der Waals surface area contributed by atoms with Crippen LogP contribution in [0.15, 0.2) is 70.6 Å². The lowest BCUT2D eigenvalue weighted by molar-refractivity contribution is -0.117. The van der Waals surface area contributed by atoms with Gasteiger partial charge in [0.1, 0.15) is 5.76 Å². The molecule has 0 bridgehead atoms. The minimum atomic E-state index is -0.952. The summed E-state index contributed by atoms with van der Waals surface area (Å²) in [5, 5.41) is 11.0. The number of aromatic nitrogens is 2. The van der Waals surface area contributed by atoms with E-state index < -0.39 is 23.5 Å². The van der Waals surface area contributed by atoms with E-state index in [9.17, 15) is 14.7 Å². The standard InChI is InChI=1S/C20H14ClN3O4/c1-11-6-7-14(28-11)17(25)15-16(12-4-2-5-13(21)10-12)24(19(27)18(15)26)20-22-8-3-9-23-20/h2-10,16,26H,1H3/t16-/m1/s1. The molecular weight excluding hydrogens is 382 g/mol. The maximum Gasteiger partial charge on any atom is 0.296 e. The van der Waals surface area contributed by atoms with E-state index in [2.05, 4.69) is 9.97 Å². The number of aliphatic hydroxyl groups is 1. The number of carbonyl (C=O) groups excluding carboxylic acids is 2. The molecule has 140 valence electrons. The number of furan rings is 1. The van der Waals surface area contributed by atoms with Crippen molar-refractivity contribution in [2.24, 2.45) is 0 Å². The zero-order valence-corrected chi connectivity index (χ0v) is 15.4. The van der Waals surface area contributed by atoms with Crippen LogP contribution in [0.4, 0.5) is 5.95 Å². The van der Waals surface area contributed by atoms with Crippen molar-refractivity contribution in [3.63, 3.8) is 0 Å². The van der Waals surface area contributed by atoms with Crippen LogP contribution in [-0.4, -0.2) is 26.8 Å². The monoisotopic (exact) mass is 395 g/mol. The van der Waals surface area contributed by atoms with Crippen LogP contribution in [0.3, 0.4) is 0 Å². The molecule has 7 nitrogen and oxygen atoms in total. The normalized spacial score (nSPS) is 16.7. The number of carbonyl (C=O) groups is 2. The van der Waals surface area contributed by atoms with E-state index in [1.807, 2.05) is 0 Å². The summed E-state index contributed by atoms with van der Waals surface area (Å²) in [6.07, 6.45) is 2.94. The Morgan fingerprint density at radius 3 is 2.57 bits per heavy atom. The first-order valence-electron chi connectivity index (χ1n) is 8.37. The third kappa shape index (κ3) is 2.95. The highest BCUT2D eigenvalue weighted by Crippen LogP contribution is 2.41. The van der Waals surface area contributed by atoms with E-state index in [0.29, 0.717) is 16.3 Å². The number of Topliss-reactive ketones (excluding diaryl/α,β-unsaturated/α-hetero) is 1. The Morgan fingerprint density at radius 2 is 1.93 bits per heavy atom. The Kier molecular flexibility index (Phi) is 4.44. The lowest BCUT2D eigenvalue weighted by Gasteiger charge is -2.24. The summed E-state index contributed by atoms with van der Waals surface area (Å²) in [5.74, 6) is -1.42. The van der Waals surface area contributed by atoms with Gasteiger partial charge in [-0.15, -0.1) is 0 Å². The summed E-state index contributed by atoms with van der Waals surface area (Å²) in [6, 6.07) is 10.5. The molecule has 0 fully saturated rings. The summed E-state index contributed by atoms with van der Waals surface area (Å²) in [5.41, 5.74) is 0.415. The summed E-state index contributed by atoms with van der Waals surface area (Å²) in [4.78, 5) is 35.3. The van der Waals surface area contributed by atoms with Crippen molar-refractivity contribution in [3.8, 4) is 0 Å². The van der Waals surface area contributed by atoms with Crippen molar-refractivity contribution in [2.75, 3.05) is 4.90 Å². The van der Waals surface area contributed by atoms with Crippen LogP contribution in [0.2, 0.25) is 5.02 Å². The Hall–Kier alpha value is -3.45. The number of aliphatic hydroxyl groups excluding tert-OH is 1. The van der Waals surface area contributed by atoms with Crippen molar-refractivity contribution in [1.82, 2.24) is 9.97 Å². The van der Waals surface area contributed by atoms with Gasteiger partial charge in [0.2, 0.25) is 11.7 Å². The maximum absolute atomic E-state index is 13.1. The lowest BCUT2D eigenvalue weighted by Crippen LogP contribution is -2.32. The van der Waals surface area contributed by atoms with Gasteiger partial charge in [-0.25, -0.2) is 9.97 Å². The third-order valence-corrected chi connectivity index (χ3v) is 4.58. The van der Waals surface area contributed by atoms with Gasteiger partial charge in [-0.05, 0) is 42.8 Å². The molecule has 1 amide bonds. The number of aryl methyl sites for hydroxylation is 1. The van der Waals surface area contributed by atoms with E-state index in [0.717, 1.165) is 0 Å². The van der Waals surface area contributed by atoms with Crippen LogP contribution in [0.5, 0.6) is 0 Å². The maximum atomic E-state index is 13.1. The fourth-order valence-corrected chi connectivity index (χ4v) is 3.34. The second-order valence-corrected chi connectivity index (χ2v) is 6.62. The van der Waals surface area contributed by atoms with E-state index in [1.165, 1.54) is 23.4 Å². The van der Waals surface area contributed by atoms with Gasteiger partial charge in [0, 0.05) is 17.4 Å². The van der Waals surface area contributed by atoms with Crippen LogP contribution >= 0.6 is 11.6 Å². The van der Waals surface area contributed by atoms with Crippen LogP contribution in [0.25, 0.3) is 0 Å². The molecule has 0 saturated carbocycles. The molecule has 2 aromatic heterocycles. The molecule has 3 heterocycles. The highest BCUT2D eigenvalue weighted by atomic mass is 35.5. The van der Waals surface area contributed by atoms with Crippen molar-refractivity contribution < 1.29 is 19.1 Å². The first kappa shape index (κ1) is 17.9. The van der Waals surface area contributed by atoms with Crippen LogP contribution in [0, 0.1) is 6.92 Å². The number of anilines is 1. The van der Waals surface area contributed by atoms with Gasteiger partial charge in [0.15, 0.2) is 11.5 Å². The van der Waals surface area contributed by atoms with Crippen molar-refractivity contribution in [2.45, 2.75) is 13.0 Å². The number of amides is 1. The molecular formula is C20H14ClN3O4. The number of hydrogen-bond donors (Lipinski definition) is 1. The van der Waals surface area contributed by atoms with Gasteiger partial charge >= 0.3 is 0 Å². The van der Waals surface area contributed by atoms with Crippen LogP contribution < -0.4 is 4.90 Å². The number of halogens is 1. The second-order valence-electron chi connectivity index (χ2n) is 6.18. The molecule has 0 radical (unpaired) electrons. The van der Waals surface area contributed by atoms with Gasteiger partial charge < -0.3 is 9.52 Å². The highest BCUT2D eigenvalue weighted by Gasteiger charge is 2.46. The summed E-state index contributed by atoms with van der Waals surface area (Å²) in [7, 11) is 0. The zero-order chi connectivity index (χ0) is 19.8. The zero-order valence-electron chi connectivity index (χ0n) is 14.7. The fourth-order valence-electron chi connectivity index (χ4n) is 3.14. The molecule has 28 heavy (non-hydrogen) atoms. The molecule has 1 atom stereocenters. The van der Waals surface area contributed by atoms with Gasteiger partial charge in [0.25, 0.3) is 5.91 Å². The van der Waals surface area contributed by atoms with Gasteiger partial charge in [-0.2, -0.15) is 0 Å². The first-order valence-corrected chi connectivity index (χ1v) is 8.75. The predicted molar refractivity (Wildman–Crippen MR) is 101 cm³/mol. The van der Waals surface area contributed by atoms with E-state index >= 15 is 0 Å². The molecule has 0 unspecified atom stereocenters. The fraction of sp³-hybridized carbons (Fsp3) is 0.100. The minimum Gasteiger partial charge on any atom is -0.503 e.